The molecule has 0 atom stereocenters. The predicted molar refractivity (Wildman–Crippen MR) is 27.9 cm³/mol. The molecule has 0 fully saturated rings. The van der Waals surface area contributed by atoms with E-state index in [-0.39, 0.29) is 0 Å². The quantitative estimate of drug-likeness (QED) is 0.412. The molecule has 3 nitrogen and oxygen atoms in total. The minimum absolute atomic E-state index is 0.291. The molecule has 34 valence electrons. The minimum atomic E-state index is 0.291. The van der Waals surface area contributed by atoms with E-state index in [1.807, 2.05) is 0 Å². The summed E-state index contributed by atoms with van der Waals surface area (Å²) in [6, 6.07) is 0. The van der Waals surface area contributed by atoms with Gasteiger partial charge in [0.25, 0.3) is 12.4 Å². The lowest BCUT2D eigenvalue weighted by Gasteiger charge is -1.80. The lowest BCUT2D eigenvalue weighted by Crippen LogP contribution is -2.08. The van der Waals surface area contributed by atoms with Gasteiger partial charge in [-0.05, 0) is 0 Å². The molecule has 7 heavy (non-hydrogen) atoms. The molecule has 1 aliphatic heterocycles. The summed E-state index contributed by atoms with van der Waals surface area (Å²) in [4.78, 5) is 7.18. The van der Waals surface area contributed by atoms with E-state index >= 15 is 0 Å². The van der Waals surface area contributed by atoms with Crippen molar-refractivity contribution < 1.29 is 0 Å². The average molecular weight is 94.1 g/mol. The van der Waals surface area contributed by atoms with Crippen molar-refractivity contribution in [3.05, 3.63) is 12.3 Å². The van der Waals surface area contributed by atoms with Gasteiger partial charge in [-0.15, -0.1) is 0 Å². The molecule has 0 aromatic carbocycles. The standard InChI is InChI=1S/C4H4N3/c5-4-6-2-1-3-7-4/h2-3H,(H2,5,6,7)/q+1. The second-order valence-electron chi connectivity index (χ2n) is 1.04. The highest BCUT2D eigenvalue weighted by molar-refractivity contribution is 5.90. The minimum Gasteiger partial charge on any atom is -0.368 e. The Morgan fingerprint density at radius 2 is 2.57 bits per heavy atom. The van der Waals surface area contributed by atoms with Crippen molar-refractivity contribution in [1.82, 2.24) is 0 Å². The summed E-state index contributed by atoms with van der Waals surface area (Å²) in [5.41, 5.74) is 5.12. The number of rotatable bonds is 0. The van der Waals surface area contributed by atoms with E-state index in [0.29, 0.717) is 5.96 Å². The first-order valence-electron chi connectivity index (χ1n) is 1.83. The Labute approximate surface area is 41.3 Å². The normalized spacial score (nSPS) is 15.7. The van der Waals surface area contributed by atoms with Crippen LogP contribution >= 0.6 is 0 Å². The summed E-state index contributed by atoms with van der Waals surface area (Å²) in [6.45, 7) is 0. The van der Waals surface area contributed by atoms with Crippen LogP contribution in [-0.2, 0) is 0 Å². The lowest BCUT2D eigenvalue weighted by atomic mass is 10.6. The maximum absolute atomic E-state index is 5.12. The second-order valence-corrected chi connectivity index (χ2v) is 1.04. The van der Waals surface area contributed by atoms with Crippen molar-refractivity contribution in [2.24, 2.45) is 15.7 Å². The molecule has 0 radical (unpaired) electrons. The summed E-state index contributed by atoms with van der Waals surface area (Å²) in [5.74, 6) is 0.291. The lowest BCUT2D eigenvalue weighted by molar-refractivity contribution is 1.41. The van der Waals surface area contributed by atoms with E-state index in [1.165, 1.54) is 12.4 Å². The van der Waals surface area contributed by atoms with Gasteiger partial charge in [0, 0.05) is 0 Å². The smallest absolute Gasteiger partial charge is 0.302 e. The zero-order valence-electron chi connectivity index (χ0n) is 3.63. The van der Waals surface area contributed by atoms with Crippen LogP contribution in [0.4, 0.5) is 0 Å². The second kappa shape index (κ2) is 1.49. The van der Waals surface area contributed by atoms with Crippen LogP contribution in [0.5, 0.6) is 0 Å². The van der Waals surface area contributed by atoms with Gasteiger partial charge in [0.2, 0.25) is 5.96 Å². The Morgan fingerprint density at radius 1 is 1.71 bits per heavy atom. The Kier molecular flexibility index (Phi) is 0.845. The monoisotopic (exact) mass is 94.0 g/mol. The molecule has 1 aliphatic rings. The fourth-order valence-corrected chi connectivity index (χ4v) is 0.273. The molecular formula is C4H4N3+. The Hall–Kier alpha value is -1.21. The van der Waals surface area contributed by atoms with Crippen LogP contribution in [0.25, 0.3) is 0 Å². The van der Waals surface area contributed by atoms with Crippen LogP contribution in [0, 0.1) is 6.08 Å². The molecule has 0 aliphatic carbocycles. The molecule has 1 rings (SSSR count). The average Bonchev–Trinajstić information content (AvgIpc) is 1.69. The van der Waals surface area contributed by atoms with E-state index in [0.717, 1.165) is 0 Å². The summed E-state index contributed by atoms with van der Waals surface area (Å²) < 4.78 is 0. The van der Waals surface area contributed by atoms with Crippen molar-refractivity contribution in [2.45, 2.75) is 0 Å². The zero-order chi connectivity index (χ0) is 5.11. The zero-order valence-corrected chi connectivity index (χ0v) is 3.63. The fraction of sp³-hybridized carbons (Fsp3) is 0. The van der Waals surface area contributed by atoms with E-state index in [1.54, 1.807) is 0 Å². The van der Waals surface area contributed by atoms with Gasteiger partial charge >= 0.3 is 6.08 Å². The number of guanidine groups is 1. The molecule has 0 aromatic heterocycles. The van der Waals surface area contributed by atoms with E-state index in [2.05, 4.69) is 16.1 Å². The Bertz CT molecular complexity index is 143. The van der Waals surface area contributed by atoms with E-state index in [9.17, 15) is 0 Å². The number of hydrogen-bond acceptors (Lipinski definition) is 3. The van der Waals surface area contributed by atoms with Crippen LogP contribution in [0.2, 0.25) is 0 Å². The maximum atomic E-state index is 5.12. The molecule has 0 unspecified atom stereocenters. The van der Waals surface area contributed by atoms with Crippen LogP contribution in [-0.4, -0.2) is 12.2 Å². The predicted octanol–water partition coefficient (Wildman–Crippen LogP) is -0.298. The molecular weight excluding hydrogens is 90.1 g/mol. The van der Waals surface area contributed by atoms with Crippen molar-refractivity contribution in [1.29, 1.82) is 0 Å². The highest BCUT2D eigenvalue weighted by Gasteiger charge is 1.94. The van der Waals surface area contributed by atoms with Gasteiger partial charge in [-0.3, -0.25) is 0 Å². The van der Waals surface area contributed by atoms with Crippen LogP contribution in [0.15, 0.2) is 16.2 Å². The number of nitrogens with two attached hydrogens (primary N) is 1. The molecule has 0 bridgehead atoms. The molecule has 0 spiro atoms. The van der Waals surface area contributed by atoms with E-state index < -0.39 is 0 Å². The van der Waals surface area contributed by atoms with Gasteiger partial charge in [0.05, 0.1) is 0 Å². The topological polar surface area (TPSA) is 50.7 Å². The van der Waals surface area contributed by atoms with Crippen molar-refractivity contribution in [2.75, 3.05) is 0 Å². The summed E-state index contributed by atoms with van der Waals surface area (Å²) in [7, 11) is 0. The first-order chi connectivity index (χ1) is 3.39. The van der Waals surface area contributed by atoms with Gasteiger partial charge in [0.15, 0.2) is 0 Å². The molecule has 0 saturated heterocycles. The molecule has 2 N–H and O–H groups in total. The van der Waals surface area contributed by atoms with Crippen molar-refractivity contribution in [3.63, 3.8) is 0 Å². The first kappa shape index (κ1) is 3.96. The van der Waals surface area contributed by atoms with Gasteiger partial charge in [0.1, 0.15) is 0 Å². The summed E-state index contributed by atoms with van der Waals surface area (Å²) >= 11 is 0. The number of nitrogens with zero attached hydrogens (tertiary/aromatic N) is 2. The van der Waals surface area contributed by atoms with E-state index in [4.69, 9.17) is 5.73 Å². The summed E-state index contributed by atoms with van der Waals surface area (Å²) in [5, 5.41) is 0. The number of aliphatic imine (C=N–C) groups is 2. The van der Waals surface area contributed by atoms with Gasteiger partial charge in [-0.1, -0.05) is 0 Å². The third-order valence-electron chi connectivity index (χ3n) is 0.543. The van der Waals surface area contributed by atoms with Crippen LogP contribution in [0.3, 0.4) is 0 Å². The molecule has 3 heteroatoms. The van der Waals surface area contributed by atoms with Gasteiger partial charge in [-0.2, -0.15) is 9.98 Å². The Balaban J connectivity index is 2.82. The fourth-order valence-electron chi connectivity index (χ4n) is 0.273. The Morgan fingerprint density at radius 3 is 2.86 bits per heavy atom. The summed E-state index contributed by atoms with van der Waals surface area (Å²) in [6.07, 6.45) is 5.58. The number of allylic oxidation sites excluding steroid dienone is 1. The molecule has 1 heterocycles. The van der Waals surface area contributed by atoms with Crippen LogP contribution in [0.1, 0.15) is 0 Å². The molecule has 0 aromatic rings. The maximum Gasteiger partial charge on any atom is 0.302 e. The van der Waals surface area contributed by atoms with Gasteiger partial charge < -0.3 is 5.73 Å². The van der Waals surface area contributed by atoms with Crippen molar-refractivity contribution >= 4 is 12.2 Å². The third kappa shape index (κ3) is 0.809. The molecule has 0 amide bonds. The SMILES string of the molecule is NC1=NC=[C+]C=N1. The van der Waals surface area contributed by atoms with Crippen LogP contribution < -0.4 is 5.73 Å². The largest absolute Gasteiger partial charge is 0.368 e. The first-order valence-corrected chi connectivity index (χ1v) is 1.83. The van der Waals surface area contributed by atoms with Crippen molar-refractivity contribution in [3.8, 4) is 0 Å². The number of hydrogen-bond donors (Lipinski definition) is 1. The third-order valence-corrected chi connectivity index (χ3v) is 0.543. The van der Waals surface area contributed by atoms with Gasteiger partial charge in [-0.25, -0.2) is 0 Å². The molecule has 0 saturated carbocycles. The highest BCUT2D eigenvalue weighted by Crippen LogP contribution is 1.79. The highest BCUT2D eigenvalue weighted by atomic mass is 15.0.